The Labute approximate surface area is 188 Å². The van der Waals surface area contributed by atoms with Crippen molar-refractivity contribution in [2.45, 2.75) is 20.1 Å². The lowest BCUT2D eigenvalue weighted by atomic mass is 10.2. The first-order valence-electron chi connectivity index (χ1n) is 9.20. The van der Waals surface area contributed by atoms with E-state index in [4.69, 9.17) is 13.9 Å². The first-order valence-corrected chi connectivity index (χ1v) is 10.3. The minimum Gasteiger partial charge on any atom is -0.487 e. The second-order valence-corrected chi connectivity index (χ2v) is 7.73. The van der Waals surface area contributed by atoms with Gasteiger partial charge in [0.25, 0.3) is 0 Å². The van der Waals surface area contributed by atoms with Crippen LogP contribution in [0.5, 0.6) is 5.75 Å². The molecule has 0 aliphatic heterocycles. The molecule has 0 atom stereocenters. The number of halogens is 1. The molecule has 0 aliphatic carbocycles. The quantitative estimate of drug-likeness (QED) is 0.319. The molecule has 156 valence electrons. The fourth-order valence-corrected chi connectivity index (χ4v) is 3.17. The zero-order valence-electron chi connectivity index (χ0n) is 16.6. The van der Waals surface area contributed by atoms with Gasteiger partial charge in [-0.15, -0.1) is 0 Å². The van der Waals surface area contributed by atoms with E-state index in [0.29, 0.717) is 29.4 Å². The molecular weight excluding hydrogens is 499 g/mol. The summed E-state index contributed by atoms with van der Waals surface area (Å²) in [5, 5.41) is 0. The molecule has 2 aromatic carbocycles. The van der Waals surface area contributed by atoms with Crippen molar-refractivity contribution in [1.82, 2.24) is 9.88 Å². The minimum atomic E-state index is -0.560. The second kappa shape index (κ2) is 10.2. The number of amides is 1. The van der Waals surface area contributed by atoms with Gasteiger partial charge in [-0.3, -0.25) is 4.90 Å². The molecule has 0 saturated carbocycles. The van der Waals surface area contributed by atoms with Crippen LogP contribution in [0.4, 0.5) is 4.79 Å². The molecule has 1 aromatic heterocycles. The van der Waals surface area contributed by atoms with Gasteiger partial charge in [-0.25, -0.2) is 9.78 Å². The van der Waals surface area contributed by atoms with E-state index in [1.807, 2.05) is 55.5 Å². The molecule has 1 amide bonds. The van der Waals surface area contributed by atoms with Crippen molar-refractivity contribution < 1.29 is 23.5 Å². The van der Waals surface area contributed by atoms with Crippen molar-refractivity contribution in [2.75, 3.05) is 13.7 Å². The Bertz CT molecular complexity index is 1020. The molecule has 3 aromatic rings. The zero-order valence-corrected chi connectivity index (χ0v) is 18.8. The summed E-state index contributed by atoms with van der Waals surface area (Å²) in [6.45, 7) is 2.30. The Hall–Kier alpha value is -2.88. The van der Waals surface area contributed by atoms with Crippen LogP contribution in [0.2, 0.25) is 0 Å². The number of benzene rings is 2. The number of carbonyl (C=O) groups is 2. The number of hydrogen-bond acceptors (Lipinski definition) is 6. The Morgan fingerprint density at radius 1 is 1.23 bits per heavy atom. The number of rotatable bonds is 8. The molecule has 7 nitrogen and oxygen atoms in total. The highest BCUT2D eigenvalue weighted by atomic mass is 127. The third kappa shape index (κ3) is 5.59. The summed E-state index contributed by atoms with van der Waals surface area (Å²) in [6, 6.07) is 15.2. The highest BCUT2D eigenvalue weighted by Crippen LogP contribution is 2.24. The van der Waals surface area contributed by atoms with Crippen molar-refractivity contribution in [3.05, 3.63) is 69.1 Å². The SMILES string of the molecule is COC(=O)N(CC=O)Cc1cccc(OCc2nc(-c3ccc(I)cc3)oc2C)c1. The Kier molecular flexibility index (Phi) is 7.45. The number of nitrogens with zero attached hydrogens (tertiary/aromatic N) is 2. The molecule has 3 rings (SSSR count). The lowest BCUT2D eigenvalue weighted by molar-refractivity contribution is -0.108. The van der Waals surface area contributed by atoms with E-state index < -0.39 is 6.09 Å². The number of hydrogen-bond donors (Lipinski definition) is 0. The van der Waals surface area contributed by atoms with E-state index >= 15 is 0 Å². The van der Waals surface area contributed by atoms with Crippen LogP contribution in [0, 0.1) is 10.5 Å². The largest absolute Gasteiger partial charge is 0.487 e. The molecular formula is C22H21IN2O5. The monoisotopic (exact) mass is 520 g/mol. The molecule has 0 N–H and O–H groups in total. The summed E-state index contributed by atoms with van der Waals surface area (Å²) in [5.74, 6) is 1.88. The van der Waals surface area contributed by atoms with Gasteiger partial charge >= 0.3 is 6.09 Å². The van der Waals surface area contributed by atoms with E-state index in [-0.39, 0.29) is 19.7 Å². The lowest BCUT2D eigenvalue weighted by Gasteiger charge is -2.18. The number of aryl methyl sites for hydroxylation is 1. The number of oxazole rings is 1. The standard InChI is InChI=1S/C22H21IN2O5/c1-15-20(24-21(30-15)17-6-8-18(23)9-7-17)14-29-19-5-3-4-16(12-19)13-25(10-11-26)22(27)28-2/h3-9,11-12H,10,13-14H2,1-2H3. The van der Waals surface area contributed by atoms with Crippen molar-refractivity contribution in [3.63, 3.8) is 0 Å². The fraction of sp³-hybridized carbons (Fsp3) is 0.227. The maximum atomic E-state index is 11.8. The third-order valence-corrected chi connectivity index (χ3v) is 5.08. The average molecular weight is 520 g/mol. The summed E-state index contributed by atoms with van der Waals surface area (Å²) >= 11 is 2.25. The molecule has 0 bridgehead atoms. The van der Waals surface area contributed by atoms with E-state index in [2.05, 4.69) is 27.6 Å². The number of aromatic nitrogens is 1. The smallest absolute Gasteiger partial charge is 0.410 e. The summed E-state index contributed by atoms with van der Waals surface area (Å²) < 4.78 is 17.5. The maximum absolute atomic E-state index is 11.8. The summed E-state index contributed by atoms with van der Waals surface area (Å²) in [6.07, 6.45) is 0.102. The lowest BCUT2D eigenvalue weighted by Crippen LogP contribution is -2.31. The van der Waals surface area contributed by atoms with Crippen molar-refractivity contribution in [2.24, 2.45) is 0 Å². The maximum Gasteiger partial charge on any atom is 0.410 e. The van der Waals surface area contributed by atoms with E-state index in [0.717, 1.165) is 14.7 Å². The van der Waals surface area contributed by atoms with Gasteiger partial charge in [0.1, 0.15) is 30.1 Å². The predicted molar refractivity (Wildman–Crippen MR) is 119 cm³/mol. The first kappa shape index (κ1) is 21.8. The first-order chi connectivity index (χ1) is 14.5. The molecule has 0 radical (unpaired) electrons. The van der Waals surface area contributed by atoms with Crippen LogP contribution in [0.15, 0.2) is 52.9 Å². The van der Waals surface area contributed by atoms with E-state index in [1.54, 1.807) is 0 Å². The summed E-state index contributed by atoms with van der Waals surface area (Å²) in [5.41, 5.74) is 2.44. The highest BCUT2D eigenvalue weighted by Gasteiger charge is 2.15. The molecule has 0 fully saturated rings. The van der Waals surface area contributed by atoms with Crippen molar-refractivity contribution in [3.8, 4) is 17.2 Å². The number of aldehydes is 1. The van der Waals surface area contributed by atoms with Gasteiger partial charge in [-0.2, -0.15) is 0 Å². The van der Waals surface area contributed by atoms with Crippen LogP contribution in [0.3, 0.4) is 0 Å². The molecule has 1 heterocycles. The van der Waals surface area contributed by atoms with Crippen LogP contribution in [0.1, 0.15) is 17.0 Å². The normalized spacial score (nSPS) is 10.5. The predicted octanol–water partition coefficient (Wildman–Crippen LogP) is 4.60. The fourth-order valence-electron chi connectivity index (χ4n) is 2.81. The third-order valence-electron chi connectivity index (χ3n) is 4.36. The Morgan fingerprint density at radius 2 is 2.00 bits per heavy atom. The van der Waals surface area contributed by atoms with Gasteiger partial charge in [0.15, 0.2) is 0 Å². The Morgan fingerprint density at radius 3 is 2.70 bits per heavy atom. The number of ether oxygens (including phenoxy) is 2. The number of carbonyl (C=O) groups excluding carboxylic acids is 2. The molecule has 0 saturated heterocycles. The molecule has 0 spiro atoms. The van der Waals surface area contributed by atoms with Crippen LogP contribution in [0.25, 0.3) is 11.5 Å². The van der Waals surface area contributed by atoms with Gasteiger partial charge in [-0.05, 0) is 71.5 Å². The van der Waals surface area contributed by atoms with Crippen LogP contribution in [-0.2, 0) is 22.7 Å². The average Bonchev–Trinajstić information content (AvgIpc) is 3.12. The van der Waals surface area contributed by atoms with E-state index in [9.17, 15) is 9.59 Å². The van der Waals surface area contributed by atoms with Crippen molar-refractivity contribution >= 4 is 35.0 Å². The molecule has 8 heteroatoms. The molecule has 0 aliphatic rings. The molecule has 0 unspecified atom stereocenters. The summed E-state index contributed by atoms with van der Waals surface area (Å²) in [4.78, 5) is 28.4. The van der Waals surface area contributed by atoms with Crippen LogP contribution >= 0.6 is 22.6 Å². The topological polar surface area (TPSA) is 81.9 Å². The van der Waals surface area contributed by atoms with Gasteiger partial charge < -0.3 is 18.7 Å². The Balaban J connectivity index is 1.68. The van der Waals surface area contributed by atoms with Crippen LogP contribution < -0.4 is 4.74 Å². The highest BCUT2D eigenvalue weighted by molar-refractivity contribution is 14.1. The van der Waals surface area contributed by atoms with Crippen molar-refractivity contribution in [1.29, 1.82) is 0 Å². The minimum absolute atomic E-state index is 0.0444. The second-order valence-electron chi connectivity index (χ2n) is 6.48. The zero-order chi connectivity index (χ0) is 21.5. The summed E-state index contributed by atoms with van der Waals surface area (Å²) in [7, 11) is 1.28. The van der Waals surface area contributed by atoms with Gasteiger partial charge in [0, 0.05) is 15.7 Å². The van der Waals surface area contributed by atoms with Gasteiger partial charge in [0.05, 0.1) is 13.7 Å². The van der Waals surface area contributed by atoms with Gasteiger partial charge in [-0.1, -0.05) is 12.1 Å². The van der Waals surface area contributed by atoms with Crippen LogP contribution in [-0.4, -0.2) is 35.9 Å². The number of methoxy groups -OCH3 is 1. The van der Waals surface area contributed by atoms with E-state index in [1.165, 1.54) is 12.0 Å². The van der Waals surface area contributed by atoms with Gasteiger partial charge in [0.2, 0.25) is 5.89 Å². The molecule has 30 heavy (non-hydrogen) atoms.